The highest BCUT2D eigenvalue weighted by Gasteiger charge is 2.53. The lowest BCUT2D eigenvalue weighted by Gasteiger charge is -2.39. The molecule has 80 valence electrons. The van der Waals surface area contributed by atoms with Gasteiger partial charge >= 0.3 is 0 Å². The van der Waals surface area contributed by atoms with Crippen molar-refractivity contribution in [3.8, 4) is 0 Å². The Morgan fingerprint density at radius 3 is 2.87 bits per heavy atom. The number of anilines is 1. The zero-order valence-electron chi connectivity index (χ0n) is 9.12. The van der Waals surface area contributed by atoms with Crippen molar-refractivity contribution in [1.29, 1.82) is 0 Å². The highest BCUT2D eigenvalue weighted by atomic mass is 16.3. The lowest BCUT2D eigenvalue weighted by Crippen LogP contribution is -2.48. The van der Waals surface area contributed by atoms with Crippen LogP contribution in [0.4, 0.5) is 5.69 Å². The number of fused-ring (bicyclic) bond motifs is 2. The van der Waals surface area contributed by atoms with Crippen molar-refractivity contribution >= 4 is 5.69 Å². The number of rotatable bonds is 0. The lowest BCUT2D eigenvalue weighted by atomic mass is 9.97. The highest BCUT2D eigenvalue weighted by molar-refractivity contribution is 5.60. The van der Waals surface area contributed by atoms with Gasteiger partial charge in [-0.25, -0.2) is 0 Å². The fraction of sp³-hybridized carbons (Fsp3) is 0.500. The van der Waals surface area contributed by atoms with E-state index in [0.717, 1.165) is 18.5 Å². The zero-order chi connectivity index (χ0) is 10.6. The molecule has 3 nitrogen and oxygen atoms in total. The van der Waals surface area contributed by atoms with Crippen molar-refractivity contribution in [2.45, 2.75) is 31.7 Å². The number of aliphatic hydroxyl groups excluding tert-OH is 1. The fourth-order valence-electron chi connectivity index (χ4n) is 2.58. The molecule has 1 atom stereocenters. The molecule has 1 spiro atoms. The van der Waals surface area contributed by atoms with Crippen LogP contribution in [-0.2, 0) is 5.54 Å². The van der Waals surface area contributed by atoms with Crippen LogP contribution in [-0.4, -0.2) is 23.4 Å². The van der Waals surface area contributed by atoms with E-state index in [4.69, 9.17) is 0 Å². The number of nitrogens with one attached hydrogen (secondary N) is 1. The van der Waals surface area contributed by atoms with Crippen LogP contribution in [0.25, 0.3) is 0 Å². The number of aryl methyl sites for hydroxylation is 1. The van der Waals surface area contributed by atoms with Gasteiger partial charge in [0.25, 0.3) is 0 Å². The molecule has 0 bridgehead atoms. The minimum absolute atomic E-state index is 0.105. The van der Waals surface area contributed by atoms with Crippen LogP contribution in [0, 0.1) is 6.92 Å². The Balaban J connectivity index is 2.14. The summed E-state index contributed by atoms with van der Waals surface area (Å²) in [7, 11) is 1.98. The van der Waals surface area contributed by atoms with E-state index in [2.05, 4.69) is 30.4 Å². The van der Waals surface area contributed by atoms with Crippen LogP contribution < -0.4 is 5.32 Å². The Kier molecular flexibility index (Phi) is 1.68. The van der Waals surface area contributed by atoms with E-state index in [9.17, 15) is 5.11 Å². The van der Waals surface area contributed by atoms with E-state index in [1.165, 1.54) is 11.1 Å². The third-order valence-electron chi connectivity index (χ3n) is 3.73. The van der Waals surface area contributed by atoms with E-state index in [1.807, 2.05) is 11.9 Å². The second-order valence-corrected chi connectivity index (χ2v) is 4.71. The van der Waals surface area contributed by atoms with Crippen LogP contribution in [0.3, 0.4) is 0 Å². The van der Waals surface area contributed by atoms with Gasteiger partial charge in [0.2, 0.25) is 0 Å². The summed E-state index contributed by atoms with van der Waals surface area (Å²) in [6, 6.07) is 6.45. The standard InChI is InChI=1S/C12H16N2O/c1-8-3-4-9-10(7-8)13-11(15)14(2)12(9)5-6-12/h3-4,7,11,13,15H,5-6H2,1-2H3. The van der Waals surface area contributed by atoms with E-state index < -0.39 is 6.35 Å². The van der Waals surface area contributed by atoms with Gasteiger partial charge in [0.05, 0.1) is 5.54 Å². The maximum absolute atomic E-state index is 9.91. The van der Waals surface area contributed by atoms with Crippen molar-refractivity contribution < 1.29 is 5.11 Å². The van der Waals surface area contributed by atoms with Crippen molar-refractivity contribution in [1.82, 2.24) is 4.90 Å². The monoisotopic (exact) mass is 204 g/mol. The molecule has 3 rings (SSSR count). The van der Waals surface area contributed by atoms with E-state index in [1.54, 1.807) is 0 Å². The maximum atomic E-state index is 9.91. The first kappa shape index (κ1) is 9.19. The quantitative estimate of drug-likeness (QED) is 0.674. The topological polar surface area (TPSA) is 35.5 Å². The number of hydrogen-bond donors (Lipinski definition) is 2. The van der Waals surface area contributed by atoms with Gasteiger partial charge in [-0.05, 0) is 44.0 Å². The van der Waals surface area contributed by atoms with Gasteiger partial charge in [-0.2, -0.15) is 0 Å². The van der Waals surface area contributed by atoms with Gasteiger partial charge in [-0.1, -0.05) is 12.1 Å². The fourth-order valence-corrected chi connectivity index (χ4v) is 2.58. The van der Waals surface area contributed by atoms with Crippen LogP contribution in [0.5, 0.6) is 0 Å². The molecule has 1 aromatic carbocycles. The van der Waals surface area contributed by atoms with Gasteiger partial charge in [-0.3, -0.25) is 4.90 Å². The molecule has 1 heterocycles. The van der Waals surface area contributed by atoms with E-state index in [-0.39, 0.29) is 5.54 Å². The minimum Gasteiger partial charge on any atom is -0.361 e. The van der Waals surface area contributed by atoms with Crippen LogP contribution in [0.1, 0.15) is 24.0 Å². The van der Waals surface area contributed by atoms with Gasteiger partial charge in [0.1, 0.15) is 0 Å². The maximum Gasteiger partial charge on any atom is 0.184 e. The smallest absolute Gasteiger partial charge is 0.184 e. The first-order chi connectivity index (χ1) is 7.13. The van der Waals surface area contributed by atoms with Crippen LogP contribution >= 0.6 is 0 Å². The normalized spacial score (nSPS) is 27.3. The number of benzene rings is 1. The summed E-state index contributed by atoms with van der Waals surface area (Å²) in [5, 5.41) is 13.0. The van der Waals surface area contributed by atoms with Crippen molar-refractivity contribution in [3.05, 3.63) is 29.3 Å². The summed E-state index contributed by atoms with van der Waals surface area (Å²) >= 11 is 0. The summed E-state index contributed by atoms with van der Waals surface area (Å²) < 4.78 is 0. The van der Waals surface area contributed by atoms with Gasteiger partial charge < -0.3 is 10.4 Å². The Morgan fingerprint density at radius 1 is 1.47 bits per heavy atom. The summed E-state index contributed by atoms with van der Waals surface area (Å²) in [6.07, 6.45) is 1.75. The first-order valence-corrected chi connectivity index (χ1v) is 5.42. The Morgan fingerprint density at radius 2 is 2.20 bits per heavy atom. The molecule has 1 saturated carbocycles. The van der Waals surface area contributed by atoms with Gasteiger partial charge in [0, 0.05) is 5.69 Å². The van der Waals surface area contributed by atoms with Crippen LogP contribution in [0.2, 0.25) is 0 Å². The van der Waals surface area contributed by atoms with Crippen LogP contribution in [0.15, 0.2) is 18.2 Å². The van der Waals surface area contributed by atoms with Crippen molar-refractivity contribution in [3.63, 3.8) is 0 Å². The molecule has 0 saturated heterocycles. The Labute approximate surface area is 89.7 Å². The molecule has 0 amide bonds. The largest absolute Gasteiger partial charge is 0.361 e. The third-order valence-corrected chi connectivity index (χ3v) is 3.73. The molecule has 3 heteroatoms. The molecule has 2 aliphatic rings. The predicted molar refractivity (Wildman–Crippen MR) is 59.5 cm³/mol. The summed E-state index contributed by atoms with van der Waals surface area (Å²) in [5.74, 6) is 0. The van der Waals surface area contributed by atoms with E-state index >= 15 is 0 Å². The van der Waals surface area contributed by atoms with Crippen molar-refractivity contribution in [2.75, 3.05) is 12.4 Å². The van der Waals surface area contributed by atoms with Gasteiger partial charge in [0.15, 0.2) is 6.35 Å². The Hall–Kier alpha value is -1.06. The number of hydrogen-bond acceptors (Lipinski definition) is 3. The molecule has 0 aromatic heterocycles. The molecule has 1 fully saturated rings. The highest BCUT2D eigenvalue weighted by Crippen LogP contribution is 2.55. The molecule has 1 aliphatic carbocycles. The molecule has 1 aromatic rings. The molecular formula is C12H16N2O. The zero-order valence-corrected chi connectivity index (χ0v) is 9.12. The Bertz CT molecular complexity index is 412. The predicted octanol–water partition coefficient (Wildman–Crippen LogP) is 1.62. The molecule has 0 radical (unpaired) electrons. The molecule has 1 unspecified atom stereocenters. The molecular weight excluding hydrogens is 188 g/mol. The lowest BCUT2D eigenvalue weighted by molar-refractivity contribution is -0.00269. The number of nitrogens with zero attached hydrogens (tertiary/aromatic N) is 1. The van der Waals surface area contributed by atoms with E-state index in [0.29, 0.717) is 0 Å². The summed E-state index contributed by atoms with van der Waals surface area (Å²) in [6.45, 7) is 2.08. The minimum atomic E-state index is -0.554. The first-order valence-electron chi connectivity index (χ1n) is 5.42. The second kappa shape index (κ2) is 2.74. The molecule has 2 N–H and O–H groups in total. The molecule has 1 aliphatic heterocycles. The number of aliphatic hydroxyl groups is 1. The SMILES string of the molecule is Cc1ccc2c(c1)NC(O)N(C)C21CC1. The van der Waals surface area contributed by atoms with Gasteiger partial charge in [-0.15, -0.1) is 0 Å². The van der Waals surface area contributed by atoms with Crippen molar-refractivity contribution in [2.24, 2.45) is 0 Å². The second-order valence-electron chi connectivity index (χ2n) is 4.71. The third kappa shape index (κ3) is 1.13. The summed E-state index contributed by atoms with van der Waals surface area (Å²) in [5.41, 5.74) is 3.76. The average molecular weight is 204 g/mol. The average Bonchev–Trinajstić information content (AvgIpc) is 2.96. The molecule has 15 heavy (non-hydrogen) atoms. The summed E-state index contributed by atoms with van der Waals surface area (Å²) in [4.78, 5) is 2.03.